The van der Waals surface area contributed by atoms with Gasteiger partial charge in [0.15, 0.2) is 5.69 Å². The van der Waals surface area contributed by atoms with E-state index in [2.05, 4.69) is 9.72 Å². The van der Waals surface area contributed by atoms with Crippen molar-refractivity contribution in [2.24, 2.45) is 0 Å². The lowest BCUT2D eigenvalue weighted by Gasteiger charge is -2.15. The van der Waals surface area contributed by atoms with Gasteiger partial charge in [-0.25, -0.2) is 13.8 Å². The van der Waals surface area contributed by atoms with Crippen molar-refractivity contribution in [3.8, 4) is 0 Å². The van der Waals surface area contributed by atoms with Crippen LogP contribution in [-0.2, 0) is 22.1 Å². The lowest BCUT2D eigenvalue weighted by atomic mass is 10.0. The van der Waals surface area contributed by atoms with Crippen LogP contribution in [0.1, 0.15) is 23.2 Å². The lowest BCUT2D eigenvalue weighted by Crippen LogP contribution is -2.17. The fraction of sp³-hybridized carbons (Fsp3) is 0.400. The molecule has 0 aliphatic heterocycles. The SMILES string of the molecule is COC(=O)Cc1cnc(C(F)(F)F)c(N)c1C(F)F. The Morgan fingerprint density at radius 2 is 2.05 bits per heavy atom. The van der Waals surface area contributed by atoms with Crippen molar-refractivity contribution < 1.29 is 31.5 Å². The van der Waals surface area contributed by atoms with Gasteiger partial charge in [-0.05, 0) is 5.56 Å². The first kappa shape index (κ1) is 15.1. The summed E-state index contributed by atoms with van der Waals surface area (Å²) in [5.41, 5.74) is 0.852. The van der Waals surface area contributed by atoms with E-state index >= 15 is 0 Å². The van der Waals surface area contributed by atoms with E-state index in [1.807, 2.05) is 0 Å². The molecule has 0 spiro atoms. The largest absolute Gasteiger partial charge is 0.469 e. The number of alkyl halides is 5. The first-order valence-corrected chi connectivity index (χ1v) is 4.87. The Bertz CT molecular complexity index is 488. The third-order valence-corrected chi connectivity index (χ3v) is 2.29. The van der Waals surface area contributed by atoms with Gasteiger partial charge in [0.25, 0.3) is 6.43 Å². The molecule has 0 unspecified atom stereocenters. The maximum absolute atomic E-state index is 12.8. The molecule has 1 aromatic rings. The van der Waals surface area contributed by atoms with Crippen LogP contribution in [0.15, 0.2) is 6.20 Å². The fourth-order valence-corrected chi connectivity index (χ4v) is 1.43. The Balaban J connectivity index is 3.36. The number of nitrogens with zero attached hydrogens (tertiary/aromatic N) is 1. The predicted octanol–water partition coefficient (Wildman–Crippen LogP) is 2.34. The number of halogens is 5. The van der Waals surface area contributed by atoms with E-state index < -0.39 is 47.5 Å². The van der Waals surface area contributed by atoms with Crippen molar-refractivity contribution in [1.29, 1.82) is 0 Å². The number of rotatable bonds is 3. The van der Waals surface area contributed by atoms with Gasteiger partial charge in [0, 0.05) is 11.8 Å². The summed E-state index contributed by atoms with van der Waals surface area (Å²) in [4.78, 5) is 14.0. The normalized spacial score (nSPS) is 11.7. The number of hydrogen-bond donors (Lipinski definition) is 1. The quantitative estimate of drug-likeness (QED) is 0.683. The van der Waals surface area contributed by atoms with Gasteiger partial charge < -0.3 is 10.5 Å². The highest BCUT2D eigenvalue weighted by Gasteiger charge is 2.37. The highest BCUT2D eigenvalue weighted by Crippen LogP contribution is 2.38. The minimum absolute atomic E-state index is 0.396. The number of nitrogens with two attached hydrogens (primary N) is 1. The van der Waals surface area contributed by atoms with Gasteiger partial charge in [-0.3, -0.25) is 4.79 Å². The zero-order valence-corrected chi connectivity index (χ0v) is 9.59. The summed E-state index contributed by atoms with van der Waals surface area (Å²) in [6.45, 7) is 0. The highest BCUT2D eigenvalue weighted by molar-refractivity contribution is 5.74. The van der Waals surface area contributed by atoms with E-state index in [9.17, 15) is 26.7 Å². The predicted molar refractivity (Wildman–Crippen MR) is 54.3 cm³/mol. The number of ether oxygens (including phenoxy) is 1. The van der Waals surface area contributed by atoms with Gasteiger partial charge >= 0.3 is 12.1 Å². The number of esters is 1. The molecule has 0 fully saturated rings. The number of anilines is 1. The molecule has 0 amide bonds. The van der Waals surface area contributed by atoms with Gasteiger partial charge in [-0.1, -0.05) is 0 Å². The van der Waals surface area contributed by atoms with Crippen molar-refractivity contribution in [3.05, 3.63) is 23.0 Å². The van der Waals surface area contributed by atoms with Crippen LogP contribution >= 0.6 is 0 Å². The second-order valence-electron chi connectivity index (χ2n) is 3.51. The van der Waals surface area contributed by atoms with E-state index in [0.717, 1.165) is 7.11 Å². The van der Waals surface area contributed by atoms with Gasteiger partial charge in [0.2, 0.25) is 0 Å². The van der Waals surface area contributed by atoms with Crippen LogP contribution in [0.3, 0.4) is 0 Å². The molecule has 0 atom stereocenters. The molecule has 0 aliphatic carbocycles. The van der Waals surface area contributed by atoms with Crippen LogP contribution in [0.25, 0.3) is 0 Å². The molecule has 1 heterocycles. The summed E-state index contributed by atoms with van der Waals surface area (Å²) in [7, 11) is 1.02. The van der Waals surface area contributed by atoms with Crippen LogP contribution in [-0.4, -0.2) is 18.1 Å². The van der Waals surface area contributed by atoms with Gasteiger partial charge in [-0.2, -0.15) is 13.2 Å². The van der Waals surface area contributed by atoms with E-state index in [4.69, 9.17) is 5.73 Å². The van der Waals surface area contributed by atoms with Gasteiger partial charge in [0.1, 0.15) is 0 Å². The summed E-state index contributed by atoms with van der Waals surface area (Å²) in [5, 5.41) is 0. The van der Waals surface area contributed by atoms with Crippen molar-refractivity contribution >= 4 is 11.7 Å². The number of aromatic nitrogens is 1. The molecule has 19 heavy (non-hydrogen) atoms. The Hall–Kier alpha value is -1.93. The summed E-state index contributed by atoms with van der Waals surface area (Å²) >= 11 is 0. The average Bonchev–Trinajstić information content (AvgIpc) is 2.26. The number of carbonyl (C=O) groups is 1. The van der Waals surface area contributed by atoms with E-state index in [-0.39, 0.29) is 0 Å². The molecule has 9 heteroatoms. The molecule has 4 nitrogen and oxygen atoms in total. The number of methoxy groups -OCH3 is 1. The summed E-state index contributed by atoms with van der Waals surface area (Å²) < 4.78 is 67.2. The summed E-state index contributed by atoms with van der Waals surface area (Å²) in [6.07, 6.45) is -8.29. The summed E-state index contributed by atoms with van der Waals surface area (Å²) in [6, 6.07) is 0. The molecule has 0 aromatic carbocycles. The topological polar surface area (TPSA) is 65.2 Å². The van der Waals surface area contributed by atoms with Crippen molar-refractivity contribution in [1.82, 2.24) is 4.98 Å². The second kappa shape index (κ2) is 5.37. The van der Waals surface area contributed by atoms with Crippen LogP contribution in [0.5, 0.6) is 0 Å². The number of nitrogen functional groups attached to an aromatic ring is 1. The molecule has 1 rings (SSSR count). The second-order valence-corrected chi connectivity index (χ2v) is 3.51. The van der Waals surface area contributed by atoms with Crippen LogP contribution in [0.2, 0.25) is 0 Å². The minimum Gasteiger partial charge on any atom is -0.469 e. The van der Waals surface area contributed by atoms with E-state index in [1.54, 1.807) is 0 Å². The molecule has 1 aromatic heterocycles. The van der Waals surface area contributed by atoms with E-state index in [1.165, 1.54) is 0 Å². The monoisotopic (exact) mass is 284 g/mol. The smallest absolute Gasteiger partial charge is 0.435 e. The maximum atomic E-state index is 12.8. The zero-order valence-electron chi connectivity index (χ0n) is 9.59. The number of hydrogen-bond acceptors (Lipinski definition) is 4. The molecule has 0 bridgehead atoms. The van der Waals surface area contributed by atoms with Gasteiger partial charge in [0.05, 0.1) is 19.2 Å². The van der Waals surface area contributed by atoms with Gasteiger partial charge in [-0.15, -0.1) is 0 Å². The Labute approximate surface area is 104 Å². The van der Waals surface area contributed by atoms with Crippen LogP contribution in [0.4, 0.5) is 27.6 Å². The van der Waals surface area contributed by atoms with Crippen molar-refractivity contribution in [2.75, 3.05) is 12.8 Å². The highest BCUT2D eigenvalue weighted by atomic mass is 19.4. The average molecular weight is 284 g/mol. The molecule has 2 N–H and O–H groups in total. The molecule has 106 valence electrons. The van der Waals surface area contributed by atoms with Crippen molar-refractivity contribution in [3.63, 3.8) is 0 Å². The summed E-state index contributed by atoms with van der Waals surface area (Å²) in [5.74, 6) is -0.886. The molecule has 0 saturated carbocycles. The zero-order chi connectivity index (χ0) is 14.8. The lowest BCUT2D eigenvalue weighted by molar-refractivity contribution is -0.140. The third kappa shape index (κ3) is 3.30. The number of carbonyl (C=O) groups excluding carboxylic acids is 1. The van der Waals surface area contributed by atoms with Crippen molar-refractivity contribution in [2.45, 2.75) is 19.0 Å². The molecule has 0 aliphatic rings. The van der Waals surface area contributed by atoms with Crippen LogP contribution in [0, 0.1) is 0 Å². The molecular weight excluding hydrogens is 275 g/mol. The molecule has 0 radical (unpaired) electrons. The third-order valence-electron chi connectivity index (χ3n) is 2.29. The standard InChI is InChI=1S/C10H9F5N2O2/c1-19-5(18)2-4-3-17-8(10(13,14)15)7(16)6(4)9(11)12/h3,9H,2,16H2,1H3. The Morgan fingerprint density at radius 3 is 2.47 bits per heavy atom. The minimum atomic E-state index is -4.95. The Morgan fingerprint density at radius 1 is 1.47 bits per heavy atom. The number of pyridine rings is 1. The first-order valence-electron chi connectivity index (χ1n) is 4.87. The Kier molecular flexibility index (Phi) is 4.28. The fourth-order valence-electron chi connectivity index (χ4n) is 1.43. The van der Waals surface area contributed by atoms with E-state index in [0.29, 0.717) is 6.20 Å². The molecular formula is C10H9F5N2O2. The maximum Gasteiger partial charge on any atom is 0.435 e. The van der Waals surface area contributed by atoms with Crippen LogP contribution < -0.4 is 5.73 Å². The first-order chi connectivity index (χ1) is 8.68. The molecule has 0 saturated heterocycles.